The minimum atomic E-state index is -0.435. The average molecular weight is 398 g/mol. The molecule has 144 valence electrons. The first-order chi connectivity index (χ1) is 13.6. The summed E-state index contributed by atoms with van der Waals surface area (Å²) in [7, 11) is 0. The molecular formula is C20H18N2O5S. The number of piperazine rings is 1. The van der Waals surface area contributed by atoms with E-state index >= 15 is 0 Å². The molecule has 2 aromatic heterocycles. The summed E-state index contributed by atoms with van der Waals surface area (Å²) in [5.41, 5.74) is -0.0196. The van der Waals surface area contributed by atoms with Crippen molar-refractivity contribution in [1.82, 2.24) is 9.80 Å². The van der Waals surface area contributed by atoms with Crippen molar-refractivity contribution in [1.29, 1.82) is 0 Å². The van der Waals surface area contributed by atoms with Crippen LogP contribution in [0.25, 0.3) is 11.0 Å². The third kappa shape index (κ3) is 3.91. The van der Waals surface area contributed by atoms with Crippen LogP contribution in [0.2, 0.25) is 0 Å². The summed E-state index contributed by atoms with van der Waals surface area (Å²) in [4.78, 5) is 40.3. The molecule has 1 aliphatic heterocycles. The Balaban J connectivity index is 1.31. The Bertz CT molecular complexity index is 1050. The molecule has 0 bridgehead atoms. The van der Waals surface area contributed by atoms with Gasteiger partial charge in [0.05, 0.1) is 4.88 Å². The SMILES string of the molecule is O=C(COc1ccc2ccc(=O)oc2c1)N1CCN(C(=O)c2cccs2)CC1. The summed E-state index contributed by atoms with van der Waals surface area (Å²) in [6.07, 6.45) is 0. The number of hydrogen-bond donors (Lipinski definition) is 0. The van der Waals surface area contributed by atoms with E-state index in [-0.39, 0.29) is 18.4 Å². The van der Waals surface area contributed by atoms with Crippen LogP contribution in [0.1, 0.15) is 9.67 Å². The van der Waals surface area contributed by atoms with Gasteiger partial charge in [0.15, 0.2) is 6.61 Å². The molecule has 2 amide bonds. The number of benzene rings is 1. The lowest BCUT2D eigenvalue weighted by Crippen LogP contribution is -2.51. The Morgan fingerprint density at radius 1 is 1.04 bits per heavy atom. The smallest absolute Gasteiger partial charge is 0.336 e. The zero-order chi connectivity index (χ0) is 19.5. The second-order valence-corrected chi connectivity index (χ2v) is 7.34. The first kappa shape index (κ1) is 18.2. The van der Waals surface area contributed by atoms with Gasteiger partial charge < -0.3 is 19.0 Å². The van der Waals surface area contributed by atoms with Crippen LogP contribution in [0.15, 0.2) is 57.1 Å². The molecule has 0 atom stereocenters. The third-order valence-electron chi connectivity index (χ3n) is 4.61. The van der Waals surface area contributed by atoms with Gasteiger partial charge in [0.2, 0.25) is 0 Å². The van der Waals surface area contributed by atoms with Gasteiger partial charge in [0.1, 0.15) is 11.3 Å². The van der Waals surface area contributed by atoms with E-state index in [0.717, 1.165) is 5.39 Å². The largest absolute Gasteiger partial charge is 0.484 e. The molecule has 1 aliphatic rings. The Hall–Kier alpha value is -3.13. The molecule has 3 heterocycles. The van der Waals surface area contributed by atoms with Gasteiger partial charge in [-0.1, -0.05) is 6.07 Å². The van der Waals surface area contributed by atoms with Crippen molar-refractivity contribution < 1.29 is 18.7 Å². The Morgan fingerprint density at radius 2 is 1.79 bits per heavy atom. The molecule has 0 radical (unpaired) electrons. The van der Waals surface area contributed by atoms with E-state index in [1.807, 2.05) is 17.5 Å². The highest BCUT2D eigenvalue weighted by Crippen LogP contribution is 2.20. The normalized spacial score (nSPS) is 14.3. The molecule has 8 heteroatoms. The van der Waals surface area contributed by atoms with Crippen molar-refractivity contribution in [2.45, 2.75) is 0 Å². The molecule has 0 spiro atoms. The first-order valence-electron chi connectivity index (χ1n) is 8.87. The van der Waals surface area contributed by atoms with Crippen LogP contribution in [0, 0.1) is 0 Å². The number of ether oxygens (including phenoxy) is 1. The van der Waals surface area contributed by atoms with Gasteiger partial charge in [0.25, 0.3) is 11.8 Å². The lowest BCUT2D eigenvalue weighted by Gasteiger charge is -2.34. The van der Waals surface area contributed by atoms with Gasteiger partial charge >= 0.3 is 5.63 Å². The van der Waals surface area contributed by atoms with Crippen LogP contribution < -0.4 is 10.4 Å². The quantitative estimate of drug-likeness (QED) is 0.630. The van der Waals surface area contributed by atoms with Crippen LogP contribution in [0.4, 0.5) is 0 Å². The number of amides is 2. The standard InChI is InChI=1S/C20H18N2O5S/c23-18(13-26-15-5-3-14-4-6-19(24)27-16(14)12-15)21-7-9-22(10-8-21)20(25)17-2-1-11-28-17/h1-6,11-12H,7-10,13H2. The summed E-state index contributed by atoms with van der Waals surface area (Å²) in [5.74, 6) is 0.329. The van der Waals surface area contributed by atoms with E-state index in [0.29, 0.717) is 42.4 Å². The molecule has 1 saturated heterocycles. The summed E-state index contributed by atoms with van der Waals surface area (Å²) < 4.78 is 10.7. The summed E-state index contributed by atoms with van der Waals surface area (Å²) in [6, 6.07) is 11.8. The predicted molar refractivity (Wildman–Crippen MR) is 105 cm³/mol. The van der Waals surface area contributed by atoms with Gasteiger partial charge in [-0.3, -0.25) is 9.59 Å². The molecule has 0 aliphatic carbocycles. The second-order valence-electron chi connectivity index (χ2n) is 6.39. The minimum absolute atomic E-state index is 0.0102. The highest BCUT2D eigenvalue weighted by atomic mass is 32.1. The average Bonchev–Trinajstić information content (AvgIpc) is 3.26. The van der Waals surface area contributed by atoms with Crippen LogP contribution in [-0.4, -0.2) is 54.4 Å². The van der Waals surface area contributed by atoms with Crippen LogP contribution in [0.5, 0.6) is 5.75 Å². The molecule has 0 saturated carbocycles. The topological polar surface area (TPSA) is 80.1 Å². The van der Waals surface area contributed by atoms with Gasteiger partial charge in [0, 0.05) is 43.7 Å². The predicted octanol–water partition coefficient (Wildman–Crippen LogP) is 2.22. The number of rotatable bonds is 4. The summed E-state index contributed by atoms with van der Waals surface area (Å²) in [6.45, 7) is 1.85. The maximum absolute atomic E-state index is 12.4. The maximum atomic E-state index is 12.4. The van der Waals surface area contributed by atoms with E-state index in [4.69, 9.17) is 9.15 Å². The Morgan fingerprint density at radius 3 is 2.54 bits per heavy atom. The van der Waals surface area contributed by atoms with Crippen molar-refractivity contribution in [3.05, 3.63) is 63.1 Å². The van der Waals surface area contributed by atoms with Crippen LogP contribution >= 0.6 is 11.3 Å². The number of hydrogen-bond acceptors (Lipinski definition) is 6. The molecule has 7 nitrogen and oxygen atoms in total. The Labute approximate surface area is 164 Å². The molecule has 1 fully saturated rings. The molecular weight excluding hydrogens is 380 g/mol. The highest BCUT2D eigenvalue weighted by Gasteiger charge is 2.25. The van der Waals surface area contributed by atoms with E-state index in [2.05, 4.69) is 0 Å². The zero-order valence-electron chi connectivity index (χ0n) is 15.0. The van der Waals surface area contributed by atoms with Crippen molar-refractivity contribution in [2.75, 3.05) is 32.8 Å². The molecule has 4 rings (SSSR count). The Kier molecular flexibility index (Phi) is 5.12. The first-order valence-corrected chi connectivity index (χ1v) is 9.75. The van der Waals surface area contributed by atoms with Gasteiger partial charge in [-0.15, -0.1) is 11.3 Å². The molecule has 0 N–H and O–H groups in total. The molecule has 3 aromatic rings. The van der Waals surface area contributed by atoms with Gasteiger partial charge in [-0.05, 0) is 29.6 Å². The molecule has 0 unspecified atom stereocenters. The fourth-order valence-corrected chi connectivity index (χ4v) is 3.77. The molecule has 28 heavy (non-hydrogen) atoms. The van der Waals surface area contributed by atoms with Crippen LogP contribution in [-0.2, 0) is 4.79 Å². The van der Waals surface area contributed by atoms with Gasteiger partial charge in [-0.25, -0.2) is 4.79 Å². The van der Waals surface area contributed by atoms with Crippen molar-refractivity contribution >= 4 is 34.1 Å². The second kappa shape index (κ2) is 7.85. The fraction of sp³-hybridized carbons (Fsp3) is 0.250. The van der Waals surface area contributed by atoms with Crippen LogP contribution in [0.3, 0.4) is 0 Å². The van der Waals surface area contributed by atoms with Crippen molar-refractivity contribution in [2.24, 2.45) is 0 Å². The third-order valence-corrected chi connectivity index (χ3v) is 5.47. The van der Waals surface area contributed by atoms with Crippen molar-refractivity contribution in [3.63, 3.8) is 0 Å². The zero-order valence-corrected chi connectivity index (χ0v) is 15.8. The maximum Gasteiger partial charge on any atom is 0.336 e. The van der Waals surface area contributed by atoms with Gasteiger partial charge in [-0.2, -0.15) is 0 Å². The van der Waals surface area contributed by atoms with E-state index in [1.54, 1.807) is 34.1 Å². The highest BCUT2D eigenvalue weighted by molar-refractivity contribution is 7.12. The monoisotopic (exact) mass is 398 g/mol. The number of fused-ring (bicyclic) bond motifs is 1. The fourth-order valence-electron chi connectivity index (χ4n) is 3.08. The van der Waals surface area contributed by atoms with E-state index < -0.39 is 5.63 Å². The number of carbonyl (C=O) groups is 2. The summed E-state index contributed by atoms with van der Waals surface area (Å²) in [5, 5.41) is 2.66. The summed E-state index contributed by atoms with van der Waals surface area (Å²) >= 11 is 1.42. The lowest BCUT2D eigenvalue weighted by molar-refractivity contribution is -0.134. The number of nitrogens with zero attached hydrogens (tertiary/aromatic N) is 2. The minimum Gasteiger partial charge on any atom is -0.484 e. The van der Waals surface area contributed by atoms with Crippen molar-refractivity contribution in [3.8, 4) is 5.75 Å². The van der Waals surface area contributed by atoms with E-state index in [1.165, 1.54) is 17.4 Å². The lowest BCUT2D eigenvalue weighted by atomic mass is 10.2. The van der Waals surface area contributed by atoms with E-state index in [9.17, 15) is 14.4 Å². The number of thiophene rings is 1. The molecule has 1 aromatic carbocycles. The number of carbonyl (C=O) groups excluding carboxylic acids is 2.